The standard InChI is InChI=1S/C28H48.C2H6/c1-19(2)8-7-9-21(4)24-12-13-25-23-11-10-22-18-20(3)14-16-27(22,5)26(23)15-17-28(24,25)6;1-2/h10,19-21,23-26H,7-9,11-18H2,1-6H3;1-2H3/t20-,21?,23?,24+,25-,26-,27-,28+;/m0./s1. The molecule has 4 aliphatic rings. The summed E-state index contributed by atoms with van der Waals surface area (Å²) in [4.78, 5) is 0. The highest BCUT2D eigenvalue weighted by molar-refractivity contribution is 5.25. The lowest BCUT2D eigenvalue weighted by Gasteiger charge is -2.58. The maximum absolute atomic E-state index is 2.75. The van der Waals surface area contributed by atoms with E-state index >= 15 is 0 Å². The quantitative estimate of drug-likeness (QED) is 0.393. The number of hydrogen-bond donors (Lipinski definition) is 0. The topological polar surface area (TPSA) is 0 Å². The summed E-state index contributed by atoms with van der Waals surface area (Å²) in [6.07, 6.45) is 19.0. The second kappa shape index (κ2) is 9.70. The maximum Gasteiger partial charge on any atom is -0.00851 e. The van der Waals surface area contributed by atoms with Gasteiger partial charge in [-0.3, -0.25) is 0 Å². The Morgan fingerprint density at radius 3 is 2.37 bits per heavy atom. The Bertz CT molecular complexity index is 585. The van der Waals surface area contributed by atoms with E-state index in [1.165, 1.54) is 70.6 Å². The third-order valence-electron chi connectivity index (χ3n) is 10.6. The minimum atomic E-state index is 0.553. The van der Waals surface area contributed by atoms with Crippen LogP contribution >= 0.6 is 0 Å². The average molecular weight is 415 g/mol. The summed E-state index contributed by atoms with van der Waals surface area (Å²) in [5.74, 6) is 6.73. The molecule has 174 valence electrons. The Kier molecular flexibility index (Phi) is 7.89. The molecule has 0 N–H and O–H groups in total. The minimum Gasteiger partial charge on any atom is -0.0845 e. The Labute approximate surface area is 190 Å². The van der Waals surface area contributed by atoms with Crippen molar-refractivity contribution in [3.05, 3.63) is 11.6 Å². The predicted molar refractivity (Wildman–Crippen MR) is 134 cm³/mol. The van der Waals surface area contributed by atoms with E-state index in [4.69, 9.17) is 0 Å². The summed E-state index contributed by atoms with van der Waals surface area (Å²) >= 11 is 0. The van der Waals surface area contributed by atoms with E-state index < -0.39 is 0 Å². The lowest BCUT2D eigenvalue weighted by Crippen LogP contribution is -2.50. The number of hydrogen-bond acceptors (Lipinski definition) is 0. The van der Waals surface area contributed by atoms with E-state index in [2.05, 4.69) is 47.6 Å². The van der Waals surface area contributed by atoms with Gasteiger partial charge in [-0.15, -0.1) is 0 Å². The second-order valence-electron chi connectivity index (χ2n) is 12.6. The summed E-state index contributed by atoms with van der Waals surface area (Å²) in [6.45, 7) is 19.3. The Morgan fingerprint density at radius 2 is 1.67 bits per heavy atom. The molecule has 0 aromatic rings. The second-order valence-corrected chi connectivity index (χ2v) is 12.6. The van der Waals surface area contributed by atoms with Gasteiger partial charge in [-0.25, -0.2) is 0 Å². The van der Waals surface area contributed by atoms with E-state index in [0.717, 1.165) is 41.4 Å². The van der Waals surface area contributed by atoms with Gasteiger partial charge in [0, 0.05) is 0 Å². The van der Waals surface area contributed by atoms with E-state index in [-0.39, 0.29) is 0 Å². The van der Waals surface area contributed by atoms with Gasteiger partial charge in [0.2, 0.25) is 0 Å². The molecule has 0 aromatic carbocycles. The molecule has 0 aliphatic heterocycles. The van der Waals surface area contributed by atoms with Crippen LogP contribution in [0.4, 0.5) is 0 Å². The van der Waals surface area contributed by atoms with Crippen molar-refractivity contribution in [2.24, 2.45) is 52.3 Å². The molecule has 0 bridgehead atoms. The lowest BCUT2D eigenvalue weighted by atomic mass is 9.46. The summed E-state index contributed by atoms with van der Waals surface area (Å²) in [5, 5.41) is 0. The van der Waals surface area contributed by atoms with Crippen molar-refractivity contribution in [1.82, 2.24) is 0 Å². The first-order valence-corrected chi connectivity index (χ1v) is 13.9. The van der Waals surface area contributed by atoms with Crippen LogP contribution in [0.25, 0.3) is 0 Å². The third-order valence-corrected chi connectivity index (χ3v) is 10.6. The summed E-state index contributed by atoms with van der Waals surface area (Å²) in [7, 11) is 0. The molecule has 8 atom stereocenters. The third kappa shape index (κ3) is 4.32. The fourth-order valence-corrected chi connectivity index (χ4v) is 8.87. The van der Waals surface area contributed by atoms with Gasteiger partial charge < -0.3 is 0 Å². The molecular formula is C30H54. The summed E-state index contributed by atoms with van der Waals surface area (Å²) in [6, 6.07) is 0. The average Bonchev–Trinajstić information content (AvgIpc) is 3.07. The van der Waals surface area contributed by atoms with Crippen molar-refractivity contribution < 1.29 is 0 Å². The molecule has 4 rings (SSSR count). The van der Waals surface area contributed by atoms with Crippen LogP contribution in [-0.4, -0.2) is 0 Å². The fraction of sp³-hybridized carbons (Fsp3) is 0.933. The van der Waals surface area contributed by atoms with Gasteiger partial charge in [-0.1, -0.05) is 86.3 Å². The van der Waals surface area contributed by atoms with Crippen molar-refractivity contribution in [1.29, 1.82) is 0 Å². The molecule has 0 amide bonds. The maximum atomic E-state index is 2.75. The normalized spacial score (nSPS) is 43.6. The highest BCUT2D eigenvalue weighted by Crippen LogP contribution is 2.67. The fourth-order valence-electron chi connectivity index (χ4n) is 8.87. The van der Waals surface area contributed by atoms with Crippen LogP contribution in [0.2, 0.25) is 0 Å². The SMILES string of the molecule is CC.CC(C)CCCC(C)[C@H]1CC[C@H]2C3CC=C4C[C@@H](C)CC[C@]4(C)[C@H]3CC[C@]12C. The number of rotatable bonds is 5. The van der Waals surface area contributed by atoms with E-state index in [1.807, 2.05) is 19.4 Å². The van der Waals surface area contributed by atoms with Crippen LogP contribution in [0.5, 0.6) is 0 Å². The Balaban J connectivity index is 0.00000124. The summed E-state index contributed by atoms with van der Waals surface area (Å²) in [5.41, 5.74) is 3.06. The Hall–Kier alpha value is -0.260. The molecule has 3 fully saturated rings. The van der Waals surface area contributed by atoms with Crippen LogP contribution < -0.4 is 0 Å². The Morgan fingerprint density at radius 1 is 0.933 bits per heavy atom. The molecule has 2 unspecified atom stereocenters. The van der Waals surface area contributed by atoms with Gasteiger partial charge >= 0.3 is 0 Å². The lowest BCUT2D eigenvalue weighted by molar-refractivity contribution is -0.0523. The first-order valence-electron chi connectivity index (χ1n) is 13.9. The molecule has 0 aromatic heterocycles. The molecule has 4 aliphatic carbocycles. The van der Waals surface area contributed by atoms with Crippen LogP contribution in [0, 0.1) is 52.3 Å². The van der Waals surface area contributed by atoms with Gasteiger partial charge in [0.1, 0.15) is 0 Å². The smallest absolute Gasteiger partial charge is 0.00851 e. The van der Waals surface area contributed by atoms with E-state index in [1.54, 1.807) is 0 Å². The van der Waals surface area contributed by atoms with Gasteiger partial charge in [-0.2, -0.15) is 0 Å². The largest absolute Gasteiger partial charge is 0.0845 e. The number of fused-ring (bicyclic) bond motifs is 5. The highest BCUT2D eigenvalue weighted by Gasteiger charge is 2.58. The summed E-state index contributed by atoms with van der Waals surface area (Å²) < 4.78 is 0. The van der Waals surface area contributed by atoms with Crippen LogP contribution in [0.3, 0.4) is 0 Å². The van der Waals surface area contributed by atoms with Crippen molar-refractivity contribution >= 4 is 0 Å². The zero-order valence-electron chi connectivity index (χ0n) is 21.9. The molecule has 0 radical (unpaired) electrons. The van der Waals surface area contributed by atoms with Crippen LogP contribution in [-0.2, 0) is 0 Å². The molecular weight excluding hydrogens is 360 g/mol. The molecule has 0 spiro atoms. The van der Waals surface area contributed by atoms with E-state index in [9.17, 15) is 0 Å². The van der Waals surface area contributed by atoms with Gasteiger partial charge in [-0.05, 0) is 104 Å². The molecule has 30 heavy (non-hydrogen) atoms. The van der Waals surface area contributed by atoms with Crippen molar-refractivity contribution in [3.8, 4) is 0 Å². The zero-order chi connectivity index (χ0) is 22.1. The molecule has 0 heteroatoms. The minimum absolute atomic E-state index is 0.553. The van der Waals surface area contributed by atoms with E-state index in [0.29, 0.717) is 10.8 Å². The van der Waals surface area contributed by atoms with Crippen LogP contribution in [0.1, 0.15) is 126 Å². The monoisotopic (exact) mass is 414 g/mol. The molecule has 3 saturated carbocycles. The van der Waals surface area contributed by atoms with Crippen molar-refractivity contribution in [3.63, 3.8) is 0 Å². The van der Waals surface area contributed by atoms with Crippen molar-refractivity contribution in [2.75, 3.05) is 0 Å². The van der Waals surface area contributed by atoms with Crippen molar-refractivity contribution in [2.45, 2.75) is 126 Å². The number of allylic oxidation sites excluding steroid dienone is 2. The first-order chi connectivity index (χ1) is 14.3. The van der Waals surface area contributed by atoms with Gasteiger partial charge in [0.25, 0.3) is 0 Å². The van der Waals surface area contributed by atoms with Gasteiger partial charge in [0.15, 0.2) is 0 Å². The van der Waals surface area contributed by atoms with Gasteiger partial charge in [0.05, 0.1) is 0 Å². The highest BCUT2D eigenvalue weighted by atomic mass is 14.6. The first kappa shape index (κ1) is 24.4. The molecule has 0 saturated heterocycles. The molecule has 0 nitrogen and oxygen atoms in total. The molecule has 0 heterocycles. The zero-order valence-corrected chi connectivity index (χ0v) is 21.9. The predicted octanol–water partition coefficient (Wildman–Crippen LogP) is 9.69. The van der Waals surface area contributed by atoms with Crippen LogP contribution in [0.15, 0.2) is 11.6 Å².